The second-order valence-electron chi connectivity index (χ2n) is 7.83. The summed E-state index contributed by atoms with van der Waals surface area (Å²) in [6, 6.07) is 35.3. The van der Waals surface area contributed by atoms with Gasteiger partial charge in [0.1, 0.15) is 23.0 Å². The average molecular weight is 535 g/mol. The molecule has 37 heavy (non-hydrogen) atoms. The van der Waals surface area contributed by atoms with Gasteiger partial charge in [-0.05, 0) is 72.8 Å². The van der Waals surface area contributed by atoms with Crippen LogP contribution >= 0.6 is 23.5 Å². The van der Waals surface area contributed by atoms with Crippen LogP contribution in [0.25, 0.3) is 0 Å². The molecule has 0 aromatic heterocycles. The van der Waals surface area contributed by atoms with Gasteiger partial charge < -0.3 is 23.7 Å². The summed E-state index contributed by atoms with van der Waals surface area (Å²) < 4.78 is 29.5. The Kier molecular flexibility index (Phi) is 10.5. The third-order valence-electron chi connectivity index (χ3n) is 5.22. The van der Waals surface area contributed by atoms with E-state index < -0.39 is 12.6 Å². The fourth-order valence-corrected chi connectivity index (χ4v) is 4.95. The molecule has 0 radical (unpaired) electrons. The number of hydrogen-bond acceptors (Lipinski definition) is 7. The van der Waals surface area contributed by atoms with E-state index in [-0.39, 0.29) is 0 Å². The zero-order valence-corrected chi connectivity index (χ0v) is 22.5. The Balaban J connectivity index is 1.47. The molecule has 0 N–H and O–H groups in total. The molecule has 0 aliphatic heterocycles. The van der Waals surface area contributed by atoms with Crippen molar-refractivity contribution in [1.82, 2.24) is 0 Å². The van der Waals surface area contributed by atoms with Gasteiger partial charge in [0.15, 0.2) is 0 Å². The first-order chi connectivity index (χ1) is 18.2. The van der Waals surface area contributed by atoms with E-state index >= 15 is 0 Å². The normalized spacial score (nSPS) is 12.4. The van der Waals surface area contributed by atoms with Gasteiger partial charge in [-0.1, -0.05) is 36.4 Å². The lowest BCUT2D eigenvalue weighted by atomic mass is 10.3. The molecule has 0 heterocycles. The number of ether oxygens (including phenoxy) is 5. The molecule has 0 amide bonds. The number of hydrogen-bond donors (Lipinski definition) is 0. The maximum Gasteiger partial charge on any atom is 0.212 e. The van der Waals surface area contributed by atoms with E-state index in [9.17, 15) is 0 Å². The zero-order chi connectivity index (χ0) is 25.7. The molecule has 0 aliphatic carbocycles. The lowest BCUT2D eigenvalue weighted by Gasteiger charge is -2.26. The SMILES string of the molecule is COc1ccc(SCC(Oc2ccccc2)OC(CSc2ccc(OC)cc2)Oc2ccccc2)cc1. The van der Waals surface area contributed by atoms with Gasteiger partial charge in [0.2, 0.25) is 12.6 Å². The molecule has 0 bridgehead atoms. The van der Waals surface area contributed by atoms with Gasteiger partial charge in [-0.3, -0.25) is 0 Å². The Labute approximate surface area is 227 Å². The summed E-state index contributed by atoms with van der Waals surface area (Å²) >= 11 is 3.30. The minimum absolute atomic E-state index is 0.542. The first-order valence-electron chi connectivity index (χ1n) is 11.8. The quantitative estimate of drug-likeness (QED) is 0.123. The highest BCUT2D eigenvalue weighted by Crippen LogP contribution is 2.27. The molecule has 2 unspecified atom stereocenters. The Morgan fingerprint density at radius 1 is 0.486 bits per heavy atom. The molecule has 0 saturated carbocycles. The number of rotatable bonds is 14. The maximum absolute atomic E-state index is 6.46. The minimum atomic E-state index is -0.542. The van der Waals surface area contributed by atoms with Gasteiger partial charge in [-0.15, -0.1) is 23.5 Å². The third kappa shape index (κ3) is 8.97. The zero-order valence-electron chi connectivity index (χ0n) is 20.8. The summed E-state index contributed by atoms with van der Waals surface area (Å²) in [4.78, 5) is 2.19. The summed E-state index contributed by atoms with van der Waals surface area (Å²) in [7, 11) is 3.33. The van der Waals surface area contributed by atoms with Crippen molar-refractivity contribution in [2.24, 2.45) is 0 Å². The van der Waals surface area contributed by atoms with Gasteiger partial charge in [0.05, 0.1) is 25.7 Å². The van der Waals surface area contributed by atoms with Gasteiger partial charge in [0.25, 0.3) is 0 Å². The van der Waals surface area contributed by atoms with Crippen LogP contribution in [0, 0.1) is 0 Å². The fourth-order valence-electron chi connectivity index (χ4n) is 3.35. The lowest BCUT2D eigenvalue weighted by molar-refractivity contribution is -0.163. The Bertz CT molecular complexity index is 1080. The standard InChI is InChI=1S/C30H30O5S2/c1-31-23-13-17-27(18-14-23)36-21-29(33-25-9-5-3-6-10-25)35-30(34-26-11-7-4-8-12-26)22-37-28-19-15-24(32-2)16-20-28/h3-20,29-30H,21-22H2,1-2H3. The Morgan fingerprint density at radius 2 is 0.865 bits per heavy atom. The van der Waals surface area contributed by atoms with Crippen molar-refractivity contribution >= 4 is 23.5 Å². The van der Waals surface area contributed by atoms with Crippen LogP contribution in [0.2, 0.25) is 0 Å². The monoisotopic (exact) mass is 534 g/mol. The van der Waals surface area contributed by atoms with Crippen LogP contribution in [0.4, 0.5) is 0 Å². The lowest BCUT2D eigenvalue weighted by Crippen LogP contribution is -2.34. The molecule has 2 atom stereocenters. The molecule has 4 rings (SSSR count). The molecular formula is C30H30O5S2. The van der Waals surface area contributed by atoms with Crippen LogP contribution in [0.5, 0.6) is 23.0 Å². The van der Waals surface area contributed by atoms with E-state index in [0.717, 1.165) is 32.8 Å². The summed E-state index contributed by atoms with van der Waals surface area (Å²) in [5, 5.41) is 0. The van der Waals surface area contributed by atoms with E-state index in [0.29, 0.717) is 11.5 Å². The molecule has 192 valence electrons. The van der Waals surface area contributed by atoms with E-state index in [1.54, 1.807) is 37.7 Å². The van der Waals surface area contributed by atoms with Crippen LogP contribution in [0.1, 0.15) is 0 Å². The highest BCUT2D eigenvalue weighted by molar-refractivity contribution is 7.99. The van der Waals surface area contributed by atoms with E-state index in [1.807, 2.05) is 109 Å². The van der Waals surface area contributed by atoms with Crippen molar-refractivity contribution in [1.29, 1.82) is 0 Å². The maximum atomic E-state index is 6.46. The summed E-state index contributed by atoms with van der Waals surface area (Å²) in [5.74, 6) is 4.27. The molecule has 5 nitrogen and oxygen atoms in total. The molecule has 4 aromatic rings. The van der Waals surface area contributed by atoms with Gasteiger partial charge >= 0.3 is 0 Å². The minimum Gasteiger partial charge on any atom is -0.497 e. The summed E-state index contributed by atoms with van der Waals surface area (Å²) in [6.07, 6.45) is -1.08. The third-order valence-corrected chi connectivity index (χ3v) is 7.30. The number of methoxy groups -OCH3 is 2. The van der Waals surface area contributed by atoms with Crippen molar-refractivity contribution < 1.29 is 23.7 Å². The topological polar surface area (TPSA) is 46.2 Å². The Morgan fingerprint density at radius 3 is 1.22 bits per heavy atom. The van der Waals surface area contributed by atoms with Gasteiger partial charge in [-0.25, -0.2) is 0 Å². The van der Waals surface area contributed by atoms with E-state index in [1.165, 1.54) is 0 Å². The first-order valence-corrected chi connectivity index (χ1v) is 13.8. The number of thioether (sulfide) groups is 2. The van der Waals surface area contributed by atoms with E-state index in [4.69, 9.17) is 23.7 Å². The largest absolute Gasteiger partial charge is 0.497 e. The van der Waals surface area contributed by atoms with Crippen molar-refractivity contribution in [2.75, 3.05) is 25.7 Å². The van der Waals surface area contributed by atoms with E-state index in [2.05, 4.69) is 0 Å². The fraction of sp³-hybridized carbons (Fsp3) is 0.200. The second kappa shape index (κ2) is 14.5. The molecular weight excluding hydrogens is 504 g/mol. The highest BCUT2D eigenvalue weighted by atomic mass is 32.2. The average Bonchev–Trinajstić information content (AvgIpc) is 2.96. The van der Waals surface area contributed by atoms with Crippen molar-refractivity contribution in [3.8, 4) is 23.0 Å². The number of para-hydroxylation sites is 2. The van der Waals surface area contributed by atoms with Crippen molar-refractivity contribution in [2.45, 2.75) is 22.4 Å². The number of benzene rings is 4. The van der Waals surface area contributed by atoms with Crippen molar-refractivity contribution in [3.05, 3.63) is 109 Å². The molecule has 4 aromatic carbocycles. The van der Waals surface area contributed by atoms with Crippen molar-refractivity contribution in [3.63, 3.8) is 0 Å². The molecule has 0 aliphatic rings. The first kappa shape index (κ1) is 26.8. The van der Waals surface area contributed by atoms with Gasteiger partial charge in [0, 0.05) is 9.79 Å². The van der Waals surface area contributed by atoms with Crippen LogP contribution in [0.3, 0.4) is 0 Å². The summed E-state index contributed by atoms with van der Waals surface area (Å²) in [5.41, 5.74) is 0. The molecule has 0 saturated heterocycles. The van der Waals surface area contributed by atoms with Crippen LogP contribution in [-0.4, -0.2) is 38.3 Å². The predicted molar refractivity (Wildman–Crippen MR) is 150 cm³/mol. The van der Waals surface area contributed by atoms with Crippen LogP contribution in [0.15, 0.2) is 119 Å². The predicted octanol–water partition coefficient (Wildman–Crippen LogP) is 7.42. The molecule has 7 heteroatoms. The van der Waals surface area contributed by atoms with Gasteiger partial charge in [-0.2, -0.15) is 0 Å². The van der Waals surface area contributed by atoms with Crippen LogP contribution in [-0.2, 0) is 4.74 Å². The Hall–Kier alpha value is -3.26. The highest BCUT2D eigenvalue weighted by Gasteiger charge is 2.21. The molecule has 0 spiro atoms. The second-order valence-corrected chi connectivity index (χ2v) is 10.0. The smallest absolute Gasteiger partial charge is 0.212 e. The summed E-state index contributed by atoms with van der Waals surface area (Å²) in [6.45, 7) is 0. The van der Waals surface area contributed by atoms with Crippen LogP contribution < -0.4 is 18.9 Å². The molecule has 0 fully saturated rings.